The van der Waals surface area contributed by atoms with Gasteiger partial charge in [-0.3, -0.25) is 4.79 Å². The smallest absolute Gasteiger partial charge is 0.255 e. The lowest BCUT2D eigenvalue weighted by atomic mass is 10.2. The van der Waals surface area contributed by atoms with Crippen molar-refractivity contribution >= 4 is 38.9 Å². The van der Waals surface area contributed by atoms with Gasteiger partial charge < -0.3 is 10.4 Å². The Kier molecular flexibility index (Phi) is 4.52. The van der Waals surface area contributed by atoms with Crippen molar-refractivity contribution in [3.63, 3.8) is 0 Å². The first-order valence-electron chi connectivity index (χ1n) is 5.65. The summed E-state index contributed by atoms with van der Waals surface area (Å²) in [5.74, 6) is -0.700. The number of carbonyl (C=O) groups is 1. The molecular weight excluding hydrogens is 336 g/mol. The molecule has 4 N–H and O–H groups in total. The van der Waals surface area contributed by atoms with Crippen LogP contribution in [0.25, 0.3) is 0 Å². The fourth-order valence-corrected chi connectivity index (χ4v) is 3.45. The SMILES string of the molecule is NS(=O)(=O)c1ccc(CNC(=O)c2cc(Cl)ccc2O)s1. The third-order valence-corrected chi connectivity index (χ3v) is 5.30. The number of primary sulfonamides is 1. The Morgan fingerprint density at radius 2 is 2.05 bits per heavy atom. The third-order valence-electron chi connectivity index (χ3n) is 2.54. The maximum absolute atomic E-state index is 11.9. The zero-order valence-corrected chi connectivity index (χ0v) is 12.9. The highest BCUT2D eigenvalue weighted by molar-refractivity contribution is 7.91. The summed E-state index contributed by atoms with van der Waals surface area (Å²) >= 11 is 6.73. The molecule has 21 heavy (non-hydrogen) atoms. The molecule has 0 saturated heterocycles. The van der Waals surface area contributed by atoms with E-state index in [1.807, 2.05) is 0 Å². The number of hydrogen-bond donors (Lipinski definition) is 3. The highest BCUT2D eigenvalue weighted by Crippen LogP contribution is 2.22. The standard InChI is InChI=1S/C12H11ClN2O4S2/c13-7-1-3-10(16)9(5-7)12(17)15-6-8-2-4-11(20-8)21(14,18)19/h1-5,16H,6H2,(H,15,17)(H2,14,18,19). The topological polar surface area (TPSA) is 109 Å². The van der Waals surface area contributed by atoms with Crippen LogP contribution in [0.1, 0.15) is 15.2 Å². The van der Waals surface area contributed by atoms with Crippen molar-refractivity contribution in [3.8, 4) is 5.75 Å². The molecule has 0 aliphatic heterocycles. The lowest BCUT2D eigenvalue weighted by molar-refractivity contribution is 0.0948. The van der Waals surface area contributed by atoms with Gasteiger partial charge in [-0.2, -0.15) is 0 Å². The Morgan fingerprint density at radius 3 is 2.67 bits per heavy atom. The van der Waals surface area contributed by atoms with E-state index in [1.165, 1.54) is 24.3 Å². The van der Waals surface area contributed by atoms with Gasteiger partial charge in [0.05, 0.1) is 12.1 Å². The van der Waals surface area contributed by atoms with E-state index in [0.29, 0.717) is 9.90 Å². The molecule has 6 nitrogen and oxygen atoms in total. The summed E-state index contributed by atoms with van der Waals surface area (Å²) in [7, 11) is -3.74. The van der Waals surface area contributed by atoms with Gasteiger partial charge in [0.2, 0.25) is 10.0 Å². The minimum absolute atomic E-state index is 0.0253. The molecule has 0 atom stereocenters. The van der Waals surface area contributed by atoms with Crippen LogP contribution < -0.4 is 10.5 Å². The van der Waals surface area contributed by atoms with Crippen LogP contribution in [0.5, 0.6) is 5.75 Å². The van der Waals surface area contributed by atoms with E-state index >= 15 is 0 Å². The first-order valence-corrected chi connectivity index (χ1v) is 8.39. The van der Waals surface area contributed by atoms with Crippen molar-refractivity contribution in [2.45, 2.75) is 10.8 Å². The number of hydrogen-bond acceptors (Lipinski definition) is 5. The van der Waals surface area contributed by atoms with E-state index in [2.05, 4.69) is 5.32 Å². The molecule has 1 aromatic carbocycles. The van der Waals surface area contributed by atoms with Gasteiger partial charge in [-0.15, -0.1) is 11.3 Å². The molecule has 1 heterocycles. The predicted octanol–water partition coefficient (Wildman–Crippen LogP) is 1.68. The van der Waals surface area contributed by atoms with Crippen LogP contribution >= 0.6 is 22.9 Å². The Morgan fingerprint density at radius 1 is 1.33 bits per heavy atom. The van der Waals surface area contributed by atoms with Gasteiger partial charge in [-0.1, -0.05) is 11.6 Å². The molecular formula is C12H11ClN2O4S2. The van der Waals surface area contributed by atoms with Crippen LogP contribution in [0, 0.1) is 0 Å². The summed E-state index contributed by atoms with van der Waals surface area (Å²) in [6.07, 6.45) is 0. The number of benzene rings is 1. The van der Waals surface area contributed by atoms with Crippen molar-refractivity contribution < 1.29 is 18.3 Å². The number of nitrogens with one attached hydrogen (secondary N) is 1. The third kappa shape index (κ3) is 3.94. The maximum Gasteiger partial charge on any atom is 0.255 e. The Hall–Kier alpha value is -1.61. The van der Waals surface area contributed by atoms with E-state index in [0.717, 1.165) is 11.3 Å². The highest BCUT2D eigenvalue weighted by Gasteiger charge is 2.14. The van der Waals surface area contributed by atoms with Crippen molar-refractivity contribution in [2.24, 2.45) is 5.14 Å². The van der Waals surface area contributed by atoms with Gasteiger partial charge in [0.1, 0.15) is 9.96 Å². The van der Waals surface area contributed by atoms with E-state index in [1.54, 1.807) is 6.07 Å². The number of nitrogens with two attached hydrogens (primary N) is 1. The fourth-order valence-electron chi connectivity index (χ4n) is 1.56. The molecule has 1 amide bonds. The largest absolute Gasteiger partial charge is 0.507 e. The highest BCUT2D eigenvalue weighted by atomic mass is 35.5. The molecule has 2 rings (SSSR count). The number of amides is 1. The molecule has 0 fully saturated rings. The van der Waals surface area contributed by atoms with Crippen molar-refractivity contribution in [3.05, 3.63) is 45.8 Å². The molecule has 0 radical (unpaired) electrons. The molecule has 0 aliphatic carbocycles. The maximum atomic E-state index is 11.9. The molecule has 1 aromatic heterocycles. The Labute approximate surface area is 130 Å². The van der Waals surface area contributed by atoms with Gasteiger partial charge in [-0.05, 0) is 30.3 Å². The van der Waals surface area contributed by atoms with Gasteiger partial charge in [0.25, 0.3) is 5.91 Å². The second-order valence-electron chi connectivity index (χ2n) is 4.11. The molecule has 0 bridgehead atoms. The van der Waals surface area contributed by atoms with Gasteiger partial charge in [-0.25, -0.2) is 13.6 Å². The molecule has 2 aromatic rings. The first-order chi connectivity index (χ1) is 9.77. The number of thiophene rings is 1. The van der Waals surface area contributed by atoms with Crippen molar-refractivity contribution in [2.75, 3.05) is 0 Å². The quantitative estimate of drug-likeness (QED) is 0.782. The molecule has 9 heteroatoms. The molecule has 0 saturated carbocycles. The molecule has 0 unspecified atom stereocenters. The average Bonchev–Trinajstić information content (AvgIpc) is 2.87. The van der Waals surface area contributed by atoms with E-state index in [9.17, 15) is 18.3 Å². The van der Waals surface area contributed by atoms with E-state index in [4.69, 9.17) is 16.7 Å². The summed E-state index contributed by atoms with van der Waals surface area (Å²) < 4.78 is 22.3. The second-order valence-corrected chi connectivity index (χ2v) is 7.50. The summed E-state index contributed by atoms with van der Waals surface area (Å²) in [4.78, 5) is 12.5. The van der Waals surface area contributed by atoms with Crippen LogP contribution in [0.15, 0.2) is 34.5 Å². The summed E-state index contributed by atoms with van der Waals surface area (Å²) in [6.45, 7) is 0.116. The van der Waals surface area contributed by atoms with E-state index < -0.39 is 15.9 Å². The lowest BCUT2D eigenvalue weighted by Gasteiger charge is -2.06. The first kappa shape index (κ1) is 15.8. The number of phenols is 1. The Bertz CT molecular complexity index is 786. The van der Waals surface area contributed by atoms with Gasteiger partial charge in [0.15, 0.2) is 0 Å². The zero-order chi connectivity index (χ0) is 15.6. The van der Waals surface area contributed by atoms with Gasteiger partial charge >= 0.3 is 0 Å². The fraction of sp³-hybridized carbons (Fsp3) is 0.0833. The zero-order valence-electron chi connectivity index (χ0n) is 10.5. The minimum Gasteiger partial charge on any atom is -0.507 e. The van der Waals surface area contributed by atoms with Gasteiger partial charge in [0, 0.05) is 9.90 Å². The lowest BCUT2D eigenvalue weighted by Crippen LogP contribution is -2.22. The summed E-state index contributed by atoms with van der Waals surface area (Å²) in [5, 5.41) is 17.5. The number of rotatable bonds is 4. The van der Waals surface area contributed by atoms with Crippen LogP contribution in [0.4, 0.5) is 0 Å². The molecule has 0 aliphatic rings. The van der Waals surface area contributed by atoms with Crippen LogP contribution in [0.2, 0.25) is 5.02 Å². The summed E-state index contributed by atoms with van der Waals surface area (Å²) in [5.41, 5.74) is 0.0470. The Balaban J connectivity index is 2.08. The average molecular weight is 347 g/mol. The second kappa shape index (κ2) is 6.02. The number of halogens is 1. The molecule has 112 valence electrons. The van der Waals surface area contributed by atoms with Crippen LogP contribution in [0.3, 0.4) is 0 Å². The normalized spacial score (nSPS) is 11.3. The molecule has 0 spiro atoms. The monoisotopic (exact) mass is 346 g/mol. The van der Waals surface area contributed by atoms with Crippen molar-refractivity contribution in [1.29, 1.82) is 0 Å². The van der Waals surface area contributed by atoms with Crippen molar-refractivity contribution in [1.82, 2.24) is 5.32 Å². The minimum atomic E-state index is -3.74. The number of phenolic OH excluding ortho intramolecular Hbond substituents is 1. The number of aromatic hydroxyl groups is 1. The summed E-state index contributed by atoms with van der Waals surface area (Å²) in [6, 6.07) is 7.06. The van der Waals surface area contributed by atoms with Crippen LogP contribution in [-0.2, 0) is 16.6 Å². The van der Waals surface area contributed by atoms with E-state index in [-0.39, 0.29) is 22.1 Å². The predicted molar refractivity (Wildman–Crippen MR) is 80.0 cm³/mol. The number of carbonyl (C=O) groups excluding carboxylic acids is 1. The van der Waals surface area contributed by atoms with Crippen LogP contribution in [-0.4, -0.2) is 19.4 Å². The number of sulfonamides is 1.